The lowest BCUT2D eigenvalue weighted by Crippen LogP contribution is -2.51. The Morgan fingerprint density at radius 3 is 2.41 bits per heavy atom. The second-order valence-electron chi connectivity index (χ2n) is 15.6. The molecule has 3 aliphatic rings. The molecule has 16 heteroatoms. The van der Waals surface area contributed by atoms with E-state index in [1.165, 1.54) is 7.11 Å². The van der Waals surface area contributed by atoms with Crippen molar-refractivity contribution in [2.75, 3.05) is 26.7 Å². The minimum absolute atomic E-state index is 0.0251. The molecule has 2 aliphatic heterocycles. The number of carbonyl (C=O) groups excluding carboxylic acids is 4. The third-order valence-corrected chi connectivity index (χ3v) is 13.6. The van der Waals surface area contributed by atoms with Crippen LogP contribution in [0.25, 0.3) is 53.9 Å². The maximum atomic E-state index is 15.9. The van der Waals surface area contributed by atoms with E-state index >= 15 is 4.39 Å². The average molecular weight is 835 g/mol. The van der Waals surface area contributed by atoms with E-state index < -0.39 is 24.0 Å². The predicted molar refractivity (Wildman–Crippen MR) is 225 cm³/mol. The molecule has 2 fully saturated rings. The molecule has 1 saturated carbocycles. The molecule has 4 aromatic heterocycles. The van der Waals surface area contributed by atoms with Crippen molar-refractivity contribution >= 4 is 66.9 Å². The van der Waals surface area contributed by atoms with Crippen LogP contribution in [0.1, 0.15) is 63.3 Å². The number of thiophene rings is 2. The molecule has 13 nitrogen and oxygen atoms in total. The molecule has 4 N–H and O–H groups in total. The van der Waals surface area contributed by atoms with Gasteiger partial charge >= 0.3 is 6.09 Å². The Morgan fingerprint density at radius 1 is 0.949 bits per heavy atom. The van der Waals surface area contributed by atoms with Crippen molar-refractivity contribution in [2.45, 2.75) is 57.7 Å². The standard InChI is InChI=1S/C43H43FN8O5S2/c1-22(2)36(50-43(56)57-3)42(55)52-15-5-7-34(52)40-47-30-13-11-25(17-31(30)48-40)28-21-59-37-27(20-58-38(28)37)24-10-12-26(29(44)16-24)32-18-45-39(49-32)33-6-4-14-51(33)35(53)19-46-41(54)23-8-9-23/h4,6,10-13,16-18,20-23,33-34,36H,5,7-9,14-15,19H2,1-3H3,(H,45,49)(H,46,54)(H,47,48)(H,50,56). The number of alkyl carbamates (subject to hydrolysis) is 1. The fourth-order valence-electron chi connectivity index (χ4n) is 8.06. The number of hydrogen-bond donors (Lipinski definition) is 4. The Balaban J connectivity index is 0.911. The summed E-state index contributed by atoms with van der Waals surface area (Å²) in [7, 11) is 1.29. The lowest BCUT2D eigenvalue weighted by Gasteiger charge is -2.29. The van der Waals surface area contributed by atoms with E-state index in [0.29, 0.717) is 36.0 Å². The van der Waals surface area contributed by atoms with Crippen LogP contribution >= 0.6 is 22.7 Å². The third kappa shape index (κ3) is 7.39. The topological polar surface area (TPSA) is 165 Å². The molecule has 4 amide bonds. The van der Waals surface area contributed by atoms with Crippen molar-refractivity contribution in [3.63, 3.8) is 0 Å². The van der Waals surface area contributed by atoms with Crippen LogP contribution in [0.2, 0.25) is 0 Å². The summed E-state index contributed by atoms with van der Waals surface area (Å²) in [6.07, 6.45) is 8.05. The number of H-pyrrole nitrogens is 2. The van der Waals surface area contributed by atoms with Crippen LogP contribution in [0.15, 0.2) is 65.5 Å². The van der Waals surface area contributed by atoms with Crippen molar-refractivity contribution in [1.82, 2.24) is 40.4 Å². The van der Waals surface area contributed by atoms with Crippen LogP contribution in [0.4, 0.5) is 9.18 Å². The molecule has 59 heavy (non-hydrogen) atoms. The van der Waals surface area contributed by atoms with Gasteiger partial charge in [0.2, 0.25) is 17.7 Å². The Labute approximate surface area is 347 Å². The highest BCUT2D eigenvalue weighted by Gasteiger charge is 2.38. The molecule has 1 saturated heterocycles. The lowest BCUT2D eigenvalue weighted by atomic mass is 10.0. The zero-order valence-electron chi connectivity index (χ0n) is 32.7. The molecule has 2 aromatic carbocycles. The summed E-state index contributed by atoms with van der Waals surface area (Å²) in [5.41, 5.74) is 6.35. The number of rotatable bonds is 11. The number of carbonyl (C=O) groups is 4. The van der Waals surface area contributed by atoms with E-state index in [-0.39, 0.29) is 42.1 Å². The second kappa shape index (κ2) is 15.7. The molecule has 3 atom stereocenters. The first-order valence-electron chi connectivity index (χ1n) is 19.8. The first kappa shape index (κ1) is 38.6. The van der Waals surface area contributed by atoms with Gasteiger partial charge in [-0.2, -0.15) is 0 Å². The largest absolute Gasteiger partial charge is 0.453 e. The van der Waals surface area contributed by atoms with Gasteiger partial charge in [-0.3, -0.25) is 14.4 Å². The van der Waals surface area contributed by atoms with Gasteiger partial charge in [0, 0.05) is 46.5 Å². The summed E-state index contributed by atoms with van der Waals surface area (Å²) >= 11 is 3.24. The number of likely N-dealkylation sites (tertiary alicyclic amines) is 1. The van der Waals surface area contributed by atoms with Gasteiger partial charge in [0.15, 0.2) is 0 Å². The van der Waals surface area contributed by atoms with Crippen LogP contribution in [0, 0.1) is 17.7 Å². The fraction of sp³-hybridized carbons (Fsp3) is 0.349. The van der Waals surface area contributed by atoms with Crippen molar-refractivity contribution in [1.29, 1.82) is 0 Å². The Bertz CT molecular complexity index is 2640. The monoisotopic (exact) mass is 834 g/mol. The number of nitrogens with one attached hydrogen (secondary N) is 4. The maximum absolute atomic E-state index is 15.9. The first-order chi connectivity index (χ1) is 28.6. The van der Waals surface area contributed by atoms with Gasteiger partial charge in [-0.05, 0) is 67.0 Å². The molecule has 304 valence electrons. The number of nitrogens with zero attached hydrogens (tertiary/aromatic N) is 4. The fourth-order valence-corrected chi connectivity index (χ4v) is 10.5. The van der Waals surface area contributed by atoms with E-state index in [4.69, 9.17) is 9.72 Å². The summed E-state index contributed by atoms with van der Waals surface area (Å²) in [6.45, 7) is 4.71. The van der Waals surface area contributed by atoms with Gasteiger partial charge in [0.25, 0.3) is 0 Å². The quantitative estimate of drug-likeness (QED) is 0.0971. The number of halogens is 1. The summed E-state index contributed by atoms with van der Waals surface area (Å²) in [4.78, 5) is 70.3. The Hall–Kier alpha value is -5.87. The molecular weight excluding hydrogens is 792 g/mol. The van der Waals surface area contributed by atoms with Crippen LogP contribution in [0.3, 0.4) is 0 Å². The SMILES string of the molecule is COC(=O)NC(C(=O)N1CCCC1c1nc2ccc(-c3csc4c(-c5ccc(-c6cnc(C7C=CCN7C(=O)CNC(=O)C7CC7)[nH]6)c(F)c5)csc34)cc2[nH]1)C(C)C. The highest BCUT2D eigenvalue weighted by molar-refractivity contribution is 7.27. The molecule has 3 unspecified atom stereocenters. The number of aromatic nitrogens is 4. The zero-order chi connectivity index (χ0) is 40.9. The number of imidazole rings is 2. The summed E-state index contributed by atoms with van der Waals surface area (Å²) in [5, 5.41) is 9.63. The average Bonchev–Trinajstić information content (AvgIpc) is 3.90. The van der Waals surface area contributed by atoms with Gasteiger partial charge in [-0.1, -0.05) is 38.1 Å². The number of ether oxygens (including phenoxy) is 1. The van der Waals surface area contributed by atoms with Gasteiger partial charge in [-0.25, -0.2) is 19.2 Å². The maximum Gasteiger partial charge on any atom is 0.407 e. The molecule has 6 aromatic rings. The van der Waals surface area contributed by atoms with Crippen LogP contribution in [-0.2, 0) is 19.1 Å². The van der Waals surface area contributed by atoms with Gasteiger partial charge in [0.05, 0.1) is 52.0 Å². The van der Waals surface area contributed by atoms with E-state index in [2.05, 4.69) is 48.5 Å². The molecular formula is C43H43FN8O5S2. The second-order valence-corrected chi connectivity index (χ2v) is 17.4. The molecule has 0 radical (unpaired) electrons. The number of fused-ring (bicyclic) bond motifs is 2. The lowest BCUT2D eigenvalue weighted by molar-refractivity contribution is -0.135. The van der Waals surface area contributed by atoms with Crippen molar-refractivity contribution in [3.8, 4) is 33.5 Å². The Morgan fingerprint density at radius 2 is 1.69 bits per heavy atom. The van der Waals surface area contributed by atoms with Crippen molar-refractivity contribution in [2.24, 2.45) is 11.8 Å². The van der Waals surface area contributed by atoms with Gasteiger partial charge < -0.3 is 35.1 Å². The number of aromatic amines is 2. The third-order valence-electron chi connectivity index (χ3n) is 11.4. The van der Waals surface area contributed by atoms with Gasteiger partial charge in [0.1, 0.15) is 29.5 Å². The number of methoxy groups -OCH3 is 1. The summed E-state index contributed by atoms with van der Waals surface area (Å²) < 4.78 is 22.8. The highest BCUT2D eigenvalue weighted by atomic mass is 32.1. The highest BCUT2D eigenvalue weighted by Crippen LogP contribution is 2.45. The molecule has 0 spiro atoms. The summed E-state index contributed by atoms with van der Waals surface area (Å²) in [6, 6.07) is 9.96. The summed E-state index contributed by atoms with van der Waals surface area (Å²) in [5.74, 6) is 0.309. The van der Waals surface area contributed by atoms with Crippen molar-refractivity contribution < 1.29 is 28.3 Å². The number of hydrogen-bond acceptors (Lipinski definition) is 9. The molecule has 1 aliphatic carbocycles. The molecule has 0 bridgehead atoms. The van der Waals surface area contributed by atoms with Crippen LogP contribution in [0.5, 0.6) is 0 Å². The smallest absolute Gasteiger partial charge is 0.407 e. The van der Waals surface area contributed by atoms with Crippen LogP contribution < -0.4 is 10.6 Å². The number of benzene rings is 2. The van der Waals surface area contributed by atoms with E-state index in [1.54, 1.807) is 45.9 Å². The van der Waals surface area contributed by atoms with Crippen LogP contribution in [-0.4, -0.2) is 86.3 Å². The van der Waals surface area contributed by atoms with E-state index in [1.807, 2.05) is 43.0 Å². The van der Waals surface area contributed by atoms with Crippen molar-refractivity contribution in [3.05, 3.63) is 83.0 Å². The minimum atomic E-state index is -0.709. The predicted octanol–water partition coefficient (Wildman–Crippen LogP) is 7.71. The number of amides is 4. The normalized spacial score (nSPS) is 18.3. The van der Waals surface area contributed by atoms with E-state index in [9.17, 15) is 19.2 Å². The zero-order valence-corrected chi connectivity index (χ0v) is 34.3. The molecule has 9 rings (SSSR count). The first-order valence-corrected chi connectivity index (χ1v) is 21.6. The Kier molecular flexibility index (Phi) is 10.3. The minimum Gasteiger partial charge on any atom is -0.453 e. The molecule has 6 heterocycles. The van der Waals surface area contributed by atoms with Gasteiger partial charge in [-0.15, -0.1) is 22.7 Å². The van der Waals surface area contributed by atoms with E-state index in [0.717, 1.165) is 68.4 Å².